The first-order valence-corrected chi connectivity index (χ1v) is 8.18. The number of aromatic hydroxyl groups is 2. The van der Waals surface area contributed by atoms with Gasteiger partial charge in [-0.2, -0.15) is 0 Å². The highest BCUT2D eigenvalue weighted by atomic mass is 19.3. The molecule has 1 saturated carbocycles. The molecule has 0 amide bonds. The van der Waals surface area contributed by atoms with Crippen molar-refractivity contribution in [3.05, 3.63) is 53.1 Å². The Labute approximate surface area is 143 Å². The highest BCUT2D eigenvalue weighted by molar-refractivity contribution is 5.51. The Bertz CT molecular complexity index is 804. The largest absolute Gasteiger partial charge is 0.508 e. The van der Waals surface area contributed by atoms with Crippen LogP contribution in [-0.4, -0.2) is 21.2 Å². The molecule has 3 atom stereocenters. The van der Waals surface area contributed by atoms with Crippen molar-refractivity contribution in [2.24, 2.45) is 5.92 Å². The summed E-state index contributed by atoms with van der Waals surface area (Å²) in [5.41, 5.74) is 1.61. The molecule has 0 bridgehead atoms. The SMILES string of the molecule is OCc1cc(O)cc2c1O[C@H](c1ccc(O)cc1)[C@@H]1CC(F)(F)C[C@H]21. The monoisotopic (exact) mass is 348 g/mol. The average Bonchev–Trinajstić information content (AvgIpc) is 2.90. The Morgan fingerprint density at radius 1 is 1.04 bits per heavy atom. The summed E-state index contributed by atoms with van der Waals surface area (Å²) < 4.78 is 34.4. The van der Waals surface area contributed by atoms with Crippen LogP contribution in [0.3, 0.4) is 0 Å². The minimum Gasteiger partial charge on any atom is -0.508 e. The highest BCUT2D eigenvalue weighted by Crippen LogP contribution is 2.59. The first kappa shape index (κ1) is 16.1. The lowest BCUT2D eigenvalue weighted by atomic mass is 9.79. The number of rotatable bonds is 2. The second-order valence-electron chi connectivity index (χ2n) is 6.85. The molecule has 25 heavy (non-hydrogen) atoms. The number of fused-ring (bicyclic) bond motifs is 3. The van der Waals surface area contributed by atoms with Gasteiger partial charge in [-0.05, 0) is 29.8 Å². The molecule has 4 rings (SSSR count). The lowest BCUT2D eigenvalue weighted by Crippen LogP contribution is -2.27. The van der Waals surface area contributed by atoms with Gasteiger partial charge in [0.25, 0.3) is 0 Å². The molecule has 132 valence electrons. The second-order valence-corrected chi connectivity index (χ2v) is 6.85. The number of hydrogen-bond donors (Lipinski definition) is 3. The van der Waals surface area contributed by atoms with Crippen molar-refractivity contribution in [3.63, 3.8) is 0 Å². The van der Waals surface area contributed by atoms with Crippen LogP contribution >= 0.6 is 0 Å². The van der Waals surface area contributed by atoms with Crippen LogP contribution in [0.4, 0.5) is 8.78 Å². The zero-order valence-corrected chi connectivity index (χ0v) is 13.3. The van der Waals surface area contributed by atoms with Gasteiger partial charge in [-0.3, -0.25) is 0 Å². The van der Waals surface area contributed by atoms with E-state index in [0.29, 0.717) is 22.4 Å². The number of hydrogen-bond acceptors (Lipinski definition) is 4. The van der Waals surface area contributed by atoms with Crippen LogP contribution in [0.15, 0.2) is 36.4 Å². The maximum atomic E-state index is 14.2. The molecule has 0 aromatic heterocycles. The molecule has 1 fully saturated rings. The number of halogens is 2. The van der Waals surface area contributed by atoms with Gasteiger partial charge in [0.15, 0.2) is 0 Å². The Balaban J connectivity index is 1.84. The van der Waals surface area contributed by atoms with Gasteiger partial charge in [-0.15, -0.1) is 0 Å². The van der Waals surface area contributed by atoms with Crippen molar-refractivity contribution in [1.82, 2.24) is 0 Å². The smallest absolute Gasteiger partial charge is 0.249 e. The zero-order chi connectivity index (χ0) is 17.8. The molecule has 6 heteroatoms. The van der Waals surface area contributed by atoms with Gasteiger partial charge in [0.2, 0.25) is 5.92 Å². The number of aliphatic hydroxyl groups excluding tert-OH is 1. The molecule has 2 aromatic rings. The molecule has 1 aliphatic carbocycles. The lowest BCUT2D eigenvalue weighted by molar-refractivity contribution is -0.00244. The van der Waals surface area contributed by atoms with E-state index in [4.69, 9.17) is 4.74 Å². The van der Waals surface area contributed by atoms with Crippen molar-refractivity contribution in [1.29, 1.82) is 0 Å². The number of phenolic OH excluding ortho intramolecular Hbond substituents is 2. The van der Waals surface area contributed by atoms with Crippen LogP contribution in [0, 0.1) is 5.92 Å². The molecule has 4 nitrogen and oxygen atoms in total. The average molecular weight is 348 g/mol. The molecule has 0 spiro atoms. The van der Waals surface area contributed by atoms with E-state index >= 15 is 0 Å². The van der Waals surface area contributed by atoms with E-state index in [1.54, 1.807) is 12.1 Å². The fourth-order valence-electron chi connectivity index (χ4n) is 4.13. The Hall–Kier alpha value is -2.34. The van der Waals surface area contributed by atoms with Gasteiger partial charge in [0.1, 0.15) is 23.4 Å². The van der Waals surface area contributed by atoms with E-state index in [1.165, 1.54) is 24.3 Å². The molecule has 2 aliphatic rings. The second kappa shape index (κ2) is 5.59. The standard InChI is InChI=1S/C19H18F2O4/c20-19(21)7-15-14-6-13(24)5-11(9-22)18(14)25-17(16(15)8-19)10-1-3-12(23)4-2-10/h1-6,15-17,22-24H,7-9H2/t15-,16-,17-/m1/s1. The maximum Gasteiger partial charge on any atom is 0.249 e. The van der Waals surface area contributed by atoms with Crippen molar-refractivity contribution >= 4 is 0 Å². The Kier molecular flexibility index (Phi) is 3.61. The van der Waals surface area contributed by atoms with Crippen LogP contribution in [0.2, 0.25) is 0 Å². The first-order chi connectivity index (χ1) is 11.9. The van der Waals surface area contributed by atoms with E-state index in [1.807, 2.05) is 0 Å². The number of alkyl halides is 2. The molecule has 1 aliphatic heterocycles. The number of phenols is 2. The van der Waals surface area contributed by atoms with Crippen LogP contribution in [0.25, 0.3) is 0 Å². The summed E-state index contributed by atoms with van der Waals surface area (Å²) in [6.07, 6.45) is -1.20. The van der Waals surface area contributed by atoms with Gasteiger partial charge in [0.05, 0.1) is 6.61 Å². The van der Waals surface area contributed by atoms with E-state index in [-0.39, 0.29) is 30.9 Å². The molecule has 0 radical (unpaired) electrons. The number of aliphatic hydroxyl groups is 1. The minimum atomic E-state index is -2.81. The molecular formula is C19H18F2O4. The minimum absolute atomic E-state index is 0.0663. The molecule has 2 aromatic carbocycles. The van der Waals surface area contributed by atoms with Crippen LogP contribution in [-0.2, 0) is 6.61 Å². The summed E-state index contributed by atoms with van der Waals surface area (Å²) >= 11 is 0. The summed E-state index contributed by atoms with van der Waals surface area (Å²) in [5, 5.41) is 28.9. The number of ether oxygens (including phenoxy) is 1. The molecule has 0 unspecified atom stereocenters. The highest BCUT2D eigenvalue weighted by Gasteiger charge is 2.53. The third-order valence-electron chi connectivity index (χ3n) is 5.17. The lowest BCUT2D eigenvalue weighted by Gasteiger charge is -2.37. The third kappa shape index (κ3) is 2.70. The van der Waals surface area contributed by atoms with Crippen molar-refractivity contribution in [2.45, 2.75) is 37.4 Å². The van der Waals surface area contributed by atoms with Gasteiger partial charge in [0, 0.05) is 35.8 Å². The predicted molar refractivity (Wildman–Crippen MR) is 85.9 cm³/mol. The predicted octanol–water partition coefficient (Wildman–Crippen LogP) is 3.85. The van der Waals surface area contributed by atoms with Gasteiger partial charge >= 0.3 is 0 Å². The van der Waals surface area contributed by atoms with E-state index < -0.39 is 23.9 Å². The van der Waals surface area contributed by atoms with E-state index in [0.717, 1.165) is 0 Å². The summed E-state index contributed by atoms with van der Waals surface area (Å²) in [5.74, 6) is -3.31. The fraction of sp³-hybridized carbons (Fsp3) is 0.368. The van der Waals surface area contributed by atoms with Crippen molar-refractivity contribution < 1.29 is 28.8 Å². The van der Waals surface area contributed by atoms with Gasteiger partial charge in [-0.1, -0.05) is 12.1 Å². The zero-order valence-electron chi connectivity index (χ0n) is 13.3. The normalized spacial score (nSPS) is 26.6. The molecule has 3 N–H and O–H groups in total. The molecular weight excluding hydrogens is 330 g/mol. The number of benzene rings is 2. The van der Waals surface area contributed by atoms with Crippen LogP contribution < -0.4 is 4.74 Å². The van der Waals surface area contributed by atoms with Gasteiger partial charge < -0.3 is 20.1 Å². The first-order valence-electron chi connectivity index (χ1n) is 8.18. The fourth-order valence-corrected chi connectivity index (χ4v) is 4.13. The van der Waals surface area contributed by atoms with Gasteiger partial charge in [-0.25, -0.2) is 8.78 Å². The topological polar surface area (TPSA) is 69.9 Å². The van der Waals surface area contributed by atoms with E-state index in [2.05, 4.69) is 0 Å². The molecule has 1 heterocycles. The summed E-state index contributed by atoms with van der Waals surface area (Å²) in [7, 11) is 0. The summed E-state index contributed by atoms with van der Waals surface area (Å²) in [6, 6.07) is 9.18. The third-order valence-corrected chi connectivity index (χ3v) is 5.17. The van der Waals surface area contributed by atoms with Crippen LogP contribution in [0.1, 0.15) is 41.6 Å². The van der Waals surface area contributed by atoms with E-state index in [9.17, 15) is 24.1 Å². The summed E-state index contributed by atoms with van der Waals surface area (Å²) in [4.78, 5) is 0. The summed E-state index contributed by atoms with van der Waals surface area (Å²) in [6.45, 7) is -0.354. The molecule has 0 saturated heterocycles. The van der Waals surface area contributed by atoms with Crippen molar-refractivity contribution in [2.75, 3.05) is 0 Å². The quantitative estimate of drug-likeness (QED) is 0.771. The Morgan fingerprint density at radius 3 is 2.44 bits per heavy atom. The van der Waals surface area contributed by atoms with Crippen LogP contribution in [0.5, 0.6) is 17.2 Å². The van der Waals surface area contributed by atoms with Crippen molar-refractivity contribution in [3.8, 4) is 17.2 Å². The Morgan fingerprint density at radius 2 is 1.76 bits per heavy atom. The maximum absolute atomic E-state index is 14.2.